The van der Waals surface area contributed by atoms with E-state index in [9.17, 15) is 5.11 Å². The third kappa shape index (κ3) is 2.35. The average Bonchev–Trinajstić information content (AvgIpc) is 2.39. The molecule has 2 N–H and O–H groups in total. The van der Waals surface area contributed by atoms with Crippen LogP contribution >= 0.6 is 0 Å². The lowest BCUT2D eigenvalue weighted by atomic mass is 9.88. The molecule has 0 unspecified atom stereocenters. The molecule has 2 heterocycles. The summed E-state index contributed by atoms with van der Waals surface area (Å²) in [5.74, 6) is 0. The number of fused-ring (bicyclic) bond motifs is 1. The first-order chi connectivity index (χ1) is 8.75. The fourth-order valence-electron chi connectivity index (χ4n) is 2.49. The first-order valence-electron chi connectivity index (χ1n) is 6.39. The molecule has 18 heavy (non-hydrogen) atoms. The minimum atomic E-state index is -0.623. The lowest BCUT2D eigenvalue weighted by Crippen LogP contribution is -2.43. The maximum atomic E-state index is 10.5. The highest BCUT2D eigenvalue weighted by Gasteiger charge is 2.29. The summed E-state index contributed by atoms with van der Waals surface area (Å²) in [6, 6.07) is 7.82. The van der Waals surface area contributed by atoms with Gasteiger partial charge in [0.05, 0.1) is 22.3 Å². The fourth-order valence-corrected chi connectivity index (χ4v) is 2.49. The minimum Gasteiger partial charge on any atom is -0.389 e. The van der Waals surface area contributed by atoms with E-state index in [4.69, 9.17) is 0 Å². The van der Waals surface area contributed by atoms with E-state index in [2.05, 4.69) is 15.3 Å². The van der Waals surface area contributed by atoms with Crippen molar-refractivity contribution < 1.29 is 5.11 Å². The van der Waals surface area contributed by atoms with Crippen LogP contribution in [0.4, 0.5) is 0 Å². The topological polar surface area (TPSA) is 58.0 Å². The highest BCUT2D eigenvalue weighted by atomic mass is 16.3. The monoisotopic (exact) mass is 243 g/mol. The Hall–Kier alpha value is -1.52. The van der Waals surface area contributed by atoms with Gasteiger partial charge in [-0.15, -0.1) is 0 Å². The molecular weight excluding hydrogens is 226 g/mol. The molecular formula is C14H17N3O. The molecule has 1 aromatic carbocycles. The molecule has 0 saturated carbocycles. The lowest BCUT2D eigenvalue weighted by molar-refractivity contribution is 0.0100. The van der Waals surface area contributed by atoms with E-state index in [-0.39, 0.29) is 0 Å². The quantitative estimate of drug-likeness (QED) is 0.834. The molecule has 1 fully saturated rings. The summed E-state index contributed by atoms with van der Waals surface area (Å²) in [5, 5.41) is 13.7. The number of hydrogen-bond acceptors (Lipinski definition) is 4. The molecule has 1 aliphatic heterocycles. The van der Waals surface area contributed by atoms with Crippen LogP contribution in [0, 0.1) is 0 Å². The van der Waals surface area contributed by atoms with Crippen LogP contribution in [-0.2, 0) is 6.42 Å². The maximum absolute atomic E-state index is 10.5. The highest BCUT2D eigenvalue weighted by molar-refractivity contribution is 5.73. The average molecular weight is 243 g/mol. The molecule has 2 aromatic rings. The van der Waals surface area contributed by atoms with Gasteiger partial charge >= 0.3 is 0 Å². The second-order valence-corrected chi connectivity index (χ2v) is 5.00. The van der Waals surface area contributed by atoms with Crippen LogP contribution in [-0.4, -0.2) is 33.8 Å². The SMILES string of the molecule is OC1(Cc2cnc3ccccc3n2)CCNCC1. The molecule has 1 aromatic heterocycles. The molecule has 0 aliphatic carbocycles. The lowest BCUT2D eigenvalue weighted by Gasteiger charge is -2.32. The largest absolute Gasteiger partial charge is 0.389 e. The van der Waals surface area contributed by atoms with Crippen molar-refractivity contribution in [2.24, 2.45) is 0 Å². The van der Waals surface area contributed by atoms with Gasteiger partial charge in [0.2, 0.25) is 0 Å². The summed E-state index contributed by atoms with van der Waals surface area (Å²) < 4.78 is 0. The Morgan fingerprint density at radius 2 is 1.89 bits per heavy atom. The predicted molar refractivity (Wildman–Crippen MR) is 70.3 cm³/mol. The van der Waals surface area contributed by atoms with E-state index in [1.165, 1.54) is 0 Å². The highest BCUT2D eigenvalue weighted by Crippen LogP contribution is 2.22. The van der Waals surface area contributed by atoms with E-state index < -0.39 is 5.60 Å². The smallest absolute Gasteiger partial charge is 0.0890 e. The van der Waals surface area contributed by atoms with E-state index in [0.29, 0.717) is 6.42 Å². The summed E-state index contributed by atoms with van der Waals surface area (Å²) in [7, 11) is 0. The molecule has 0 radical (unpaired) electrons. The number of nitrogens with zero attached hydrogens (tertiary/aromatic N) is 2. The van der Waals surface area contributed by atoms with Crippen molar-refractivity contribution in [3.8, 4) is 0 Å². The van der Waals surface area contributed by atoms with Crippen molar-refractivity contribution in [3.63, 3.8) is 0 Å². The van der Waals surface area contributed by atoms with Gasteiger partial charge in [0, 0.05) is 12.6 Å². The van der Waals surface area contributed by atoms with Gasteiger partial charge in [-0.2, -0.15) is 0 Å². The predicted octanol–water partition coefficient (Wildman–Crippen LogP) is 1.29. The Labute approximate surface area is 106 Å². The van der Waals surface area contributed by atoms with E-state index in [1.807, 2.05) is 24.3 Å². The Balaban J connectivity index is 1.85. The maximum Gasteiger partial charge on any atom is 0.0890 e. The van der Waals surface area contributed by atoms with Crippen molar-refractivity contribution in [2.75, 3.05) is 13.1 Å². The third-order valence-electron chi connectivity index (χ3n) is 3.54. The molecule has 0 bridgehead atoms. The van der Waals surface area contributed by atoms with E-state index in [0.717, 1.165) is 42.7 Å². The van der Waals surface area contributed by atoms with Crippen LogP contribution < -0.4 is 5.32 Å². The molecule has 4 heteroatoms. The number of para-hydroxylation sites is 2. The molecule has 0 spiro atoms. The van der Waals surface area contributed by atoms with Gasteiger partial charge < -0.3 is 10.4 Å². The van der Waals surface area contributed by atoms with E-state index >= 15 is 0 Å². The van der Waals surface area contributed by atoms with Crippen molar-refractivity contribution in [1.29, 1.82) is 0 Å². The Kier molecular flexibility index (Phi) is 2.97. The second-order valence-electron chi connectivity index (χ2n) is 5.00. The zero-order chi connectivity index (χ0) is 12.4. The summed E-state index contributed by atoms with van der Waals surface area (Å²) in [5.41, 5.74) is 2.05. The minimum absolute atomic E-state index is 0.590. The Morgan fingerprint density at radius 1 is 1.17 bits per heavy atom. The zero-order valence-corrected chi connectivity index (χ0v) is 10.3. The third-order valence-corrected chi connectivity index (χ3v) is 3.54. The van der Waals surface area contributed by atoms with Gasteiger partial charge in [0.15, 0.2) is 0 Å². The van der Waals surface area contributed by atoms with Crippen molar-refractivity contribution in [1.82, 2.24) is 15.3 Å². The van der Waals surface area contributed by atoms with Gasteiger partial charge in [-0.05, 0) is 38.1 Å². The van der Waals surface area contributed by atoms with Crippen LogP contribution in [0.25, 0.3) is 11.0 Å². The van der Waals surface area contributed by atoms with Crippen molar-refractivity contribution in [3.05, 3.63) is 36.2 Å². The van der Waals surface area contributed by atoms with Crippen molar-refractivity contribution in [2.45, 2.75) is 24.9 Å². The summed E-state index contributed by atoms with van der Waals surface area (Å²) in [6.07, 6.45) is 3.93. The summed E-state index contributed by atoms with van der Waals surface area (Å²) in [6.45, 7) is 1.75. The van der Waals surface area contributed by atoms with Crippen molar-refractivity contribution >= 4 is 11.0 Å². The molecule has 1 aliphatic rings. The number of hydrogen-bond donors (Lipinski definition) is 2. The van der Waals surface area contributed by atoms with Crippen LogP contribution in [0.15, 0.2) is 30.5 Å². The number of aliphatic hydroxyl groups is 1. The fraction of sp³-hybridized carbons (Fsp3) is 0.429. The van der Waals surface area contributed by atoms with E-state index in [1.54, 1.807) is 6.20 Å². The molecule has 4 nitrogen and oxygen atoms in total. The standard InChI is InChI=1S/C14H17N3O/c18-14(5-7-15-8-6-14)9-11-10-16-12-3-1-2-4-13(12)17-11/h1-4,10,15,18H,5-9H2. The molecule has 3 rings (SSSR count). The normalized spacial score (nSPS) is 18.9. The van der Waals surface area contributed by atoms with Gasteiger partial charge in [0.1, 0.15) is 0 Å². The van der Waals surface area contributed by atoms with Gasteiger partial charge in [-0.3, -0.25) is 4.98 Å². The summed E-state index contributed by atoms with van der Waals surface area (Å²) >= 11 is 0. The number of benzene rings is 1. The molecule has 94 valence electrons. The Morgan fingerprint density at radius 3 is 2.67 bits per heavy atom. The van der Waals surface area contributed by atoms with Crippen LogP contribution in [0.5, 0.6) is 0 Å². The van der Waals surface area contributed by atoms with Crippen LogP contribution in [0.1, 0.15) is 18.5 Å². The van der Waals surface area contributed by atoms with Gasteiger partial charge in [-0.1, -0.05) is 12.1 Å². The first-order valence-corrected chi connectivity index (χ1v) is 6.39. The first kappa shape index (κ1) is 11.6. The zero-order valence-electron chi connectivity index (χ0n) is 10.3. The molecule has 0 amide bonds. The number of piperidine rings is 1. The Bertz CT molecular complexity index is 549. The second kappa shape index (κ2) is 4.63. The molecule has 0 atom stereocenters. The van der Waals surface area contributed by atoms with Crippen LogP contribution in [0.3, 0.4) is 0 Å². The number of rotatable bonds is 2. The number of aromatic nitrogens is 2. The molecule has 1 saturated heterocycles. The van der Waals surface area contributed by atoms with Gasteiger partial charge in [0.25, 0.3) is 0 Å². The van der Waals surface area contributed by atoms with Crippen LogP contribution in [0.2, 0.25) is 0 Å². The summed E-state index contributed by atoms with van der Waals surface area (Å²) in [4.78, 5) is 8.96. The number of nitrogens with one attached hydrogen (secondary N) is 1. The van der Waals surface area contributed by atoms with Gasteiger partial charge in [-0.25, -0.2) is 4.98 Å².